The number of likely N-dealkylation sites (tertiary alicyclic amines) is 1. The Labute approximate surface area is 166 Å². The molecule has 0 N–H and O–H groups in total. The van der Waals surface area contributed by atoms with Gasteiger partial charge in [-0.05, 0) is 38.5 Å². The Bertz CT molecular complexity index is 1080. The van der Waals surface area contributed by atoms with Crippen LogP contribution in [0, 0.1) is 12.7 Å². The van der Waals surface area contributed by atoms with Crippen LogP contribution in [0.3, 0.4) is 0 Å². The second-order valence-corrected chi connectivity index (χ2v) is 7.67. The molecule has 0 aliphatic carbocycles. The Morgan fingerprint density at radius 3 is 2.86 bits per heavy atom. The number of carbonyl (C=O) groups excluding carboxylic acids is 1. The average molecular weight is 401 g/mol. The lowest BCUT2D eigenvalue weighted by molar-refractivity contribution is 0.0341. The first-order valence-corrected chi connectivity index (χ1v) is 9.26. The van der Waals surface area contributed by atoms with Gasteiger partial charge in [0.1, 0.15) is 23.6 Å². The number of alkyl halides is 1. The molecule has 1 fully saturated rings. The summed E-state index contributed by atoms with van der Waals surface area (Å²) in [7, 11) is 1.40. The van der Waals surface area contributed by atoms with Crippen LogP contribution in [0.25, 0.3) is 5.78 Å². The number of piperidine rings is 1. The molecule has 0 bridgehead atoms. The van der Waals surface area contributed by atoms with E-state index in [2.05, 4.69) is 15.1 Å². The van der Waals surface area contributed by atoms with Crippen molar-refractivity contribution in [3.05, 3.63) is 53.4 Å². The summed E-state index contributed by atoms with van der Waals surface area (Å²) in [5.41, 5.74) is -0.0160. The Hall–Kier alpha value is -3.10. The minimum absolute atomic E-state index is 0.0777. The molecular formula is C20H21F2N5O2. The fourth-order valence-corrected chi connectivity index (χ4v) is 3.96. The van der Waals surface area contributed by atoms with Crippen LogP contribution in [-0.4, -0.2) is 56.3 Å². The van der Waals surface area contributed by atoms with Crippen molar-refractivity contribution < 1.29 is 18.3 Å². The van der Waals surface area contributed by atoms with Crippen molar-refractivity contribution >= 4 is 11.7 Å². The number of benzene rings is 1. The van der Waals surface area contributed by atoms with Crippen LogP contribution >= 0.6 is 0 Å². The zero-order valence-corrected chi connectivity index (χ0v) is 16.4. The van der Waals surface area contributed by atoms with Gasteiger partial charge in [-0.3, -0.25) is 4.79 Å². The first-order chi connectivity index (χ1) is 13.8. The van der Waals surface area contributed by atoms with Gasteiger partial charge in [-0.15, -0.1) is 0 Å². The Kier molecular flexibility index (Phi) is 4.68. The maximum Gasteiger partial charge on any atom is 0.254 e. The Morgan fingerprint density at radius 1 is 1.31 bits per heavy atom. The molecule has 1 saturated heterocycles. The van der Waals surface area contributed by atoms with Gasteiger partial charge in [-0.1, -0.05) is 0 Å². The highest BCUT2D eigenvalue weighted by atomic mass is 19.1. The molecule has 2 unspecified atom stereocenters. The summed E-state index contributed by atoms with van der Waals surface area (Å²) in [5, 5.41) is 4.20. The topological polar surface area (TPSA) is 72.6 Å². The molecule has 9 heteroatoms. The molecule has 2 atom stereocenters. The van der Waals surface area contributed by atoms with Crippen LogP contribution in [0.4, 0.5) is 8.78 Å². The van der Waals surface area contributed by atoms with Crippen molar-refractivity contribution in [3.8, 4) is 5.75 Å². The summed E-state index contributed by atoms with van der Waals surface area (Å²) in [6, 6.07) is 5.62. The predicted octanol–water partition coefficient (Wildman–Crippen LogP) is 2.94. The number of methoxy groups -OCH3 is 1. The van der Waals surface area contributed by atoms with Gasteiger partial charge >= 0.3 is 0 Å². The molecule has 29 heavy (non-hydrogen) atoms. The number of amides is 1. The molecule has 1 aliphatic heterocycles. The molecule has 1 amide bonds. The molecule has 0 radical (unpaired) electrons. The van der Waals surface area contributed by atoms with Crippen LogP contribution in [-0.2, 0) is 0 Å². The van der Waals surface area contributed by atoms with Gasteiger partial charge in [-0.25, -0.2) is 18.3 Å². The average Bonchev–Trinajstić information content (AvgIpc) is 3.13. The quantitative estimate of drug-likeness (QED) is 0.675. The number of fused-ring (bicyclic) bond motifs is 1. The minimum Gasteiger partial charge on any atom is -0.497 e. The SMILES string of the molecule is COc1cc(F)cc(C(=O)N2CC(c3cc(C)nc4ncnn34)CC(C)(F)C2)c1. The van der Waals surface area contributed by atoms with Crippen LogP contribution in [0.5, 0.6) is 5.75 Å². The van der Waals surface area contributed by atoms with Gasteiger partial charge in [0.05, 0.1) is 19.3 Å². The van der Waals surface area contributed by atoms with E-state index in [9.17, 15) is 9.18 Å². The second-order valence-electron chi connectivity index (χ2n) is 7.67. The van der Waals surface area contributed by atoms with Crippen molar-refractivity contribution in [2.75, 3.05) is 20.2 Å². The lowest BCUT2D eigenvalue weighted by atomic mass is 9.85. The smallest absolute Gasteiger partial charge is 0.254 e. The molecule has 4 rings (SSSR count). The minimum atomic E-state index is -1.61. The summed E-state index contributed by atoms with van der Waals surface area (Å²) in [4.78, 5) is 22.9. The number of aryl methyl sites for hydroxylation is 1. The van der Waals surface area contributed by atoms with E-state index >= 15 is 4.39 Å². The summed E-state index contributed by atoms with van der Waals surface area (Å²) in [6.45, 7) is 3.50. The first kappa shape index (κ1) is 19.2. The van der Waals surface area contributed by atoms with E-state index in [0.717, 1.165) is 17.5 Å². The fourth-order valence-electron chi connectivity index (χ4n) is 3.96. The zero-order chi connectivity index (χ0) is 20.8. The molecule has 1 aromatic carbocycles. The summed E-state index contributed by atoms with van der Waals surface area (Å²) in [6.07, 6.45) is 1.62. The monoisotopic (exact) mass is 401 g/mol. The number of nitrogens with zero attached hydrogens (tertiary/aromatic N) is 5. The van der Waals surface area contributed by atoms with E-state index in [0.29, 0.717) is 5.78 Å². The van der Waals surface area contributed by atoms with Crippen LogP contribution < -0.4 is 4.74 Å². The maximum absolute atomic E-state index is 15.2. The van der Waals surface area contributed by atoms with Crippen molar-refractivity contribution in [1.82, 2.24) is 24.5 Å². The summed E-state index contributed by atoms with van der Waals surface area (Å²) in [5.74, 6) is -0.683. The third-order valence-corrected chi connectivity index (χ3v) is 5.10. The highest BCUT2D eigenvalue weighted by molar-refractivity contribution is 5.94. The van der Waals surface area contributed by atoms with Gasteiger partial charge in [0.2, 0.25) is 0 Å². The lowest BCUT2D eigenvalue weighted by Crippen LogP contribution is -2.49. The highest BCUT2D eigenvalue weighted by Crippen LogP contribution is 2.36. The number of rotatable bonds is 3. The fraction of sp³-hybridized carbons (Fsp3) is 0.400. The van der Waals surface area contributed by atoms with Crippen LogP contribution in [0.2, 0.25) is 0 Å². The summed E-state index contributed by atoms with van der Waals surface area (Å²) >= 11 is 0. The van der Waals surface area contributed by atoms with Gasteiger partial charge in [-0.2, -0.15) is 10.1 Å². The van der Waals surface area contributed by atoms with Crippen molar-refractivity contribution in [1.29, 1.82) is 0 Å². The normalized spacial score (nSPS) is 22.1. The number of aromatic nitrogens is 4. The van der Waals surface area contributed by atoms with E-state index in [1.165, 1.54) is 37.4 Å². The standard InChI is InChI=1S/C20H21F2N5O2/c1-12-4-17(27-19(25-12)23-11-24-27)14-8-20(2,22)10-26(9-14)18(28)13-5-15(21)7-16(6-13)29-3/h4-7,11,14H,8-10H2,1-3H3. The van der Waals surface area contributed by atoms with E-state index in [-0.39, 0.29) is 36.7 Å². The molecule has 7 nitrogen and oxygen atoms in total. The van der Waals surface area contributed by atoms with Crippen LogP contribution in [0.1, 0.15) is 41.0 Å². The second kappa shape index (κ2) is 7.06. The number of ether oxygens (including phenoxy) is 1. The van der Waals surface area contributed by atoms with E-state index in [1.54, 1.807) is 4.52 Å². The largest absolute Gasteiger partial charge is 0.497 e. The molecule has 1 aliphatic rings. The van der Waals surface area contributed by atoms with Gasteiger partial charge in [0, 0.05) is 29.8 Å². The third kappa shape index (κ3) is 3.76. The molecule has 0 spiro atoms. The van der Waals surface area contributed by atoms with Crippen molar-refractivity contribution in [3.63, 3.8) is 0 Å². The summed E-state index contributed by atoms with van der Waals surface area (Å²) < 4.78 is 35.7. The molecule has 3 heterocycles. The number of carbonyl (C=O) groups is 1. The van der Waals surface area contributed by atoms with E-state index in [1.807, 2.05) is 13.0 Å². The molecule has 2 aromatic heterocycles. The number of hydrogen-bond acceptors (Lipinski definition) is 5. The van der Waals surface area contributed by atoms with E-state index in [4.69, 9.17) is 4.74 Å². The Morgan fingerprint density at radius 2 is 2.10 bits per heavy atom. The van der Waals surface area contributed by atoms with Gasteiger partial charge in [0.25, 0.3) is 11.7 Å². The van der Waals surface area contributed by atoms with Crippen molar-refractivity contribution in [2.45, 2.75) is 31.9 Å². The zero-order valence-electron chi connectivity index (χ0n) is 16.4. The number of halogens is 2. The lowest BCUT2D eigenvalue weighted by Gasteiger charge is -2.40. The number of hydrogen-bond donors (Lipinski definition) is 0. The predicted molar refractivity (Wildman–Crippen MR) is 101 cm³/mol. The highest BCUT2D eigenvalue weighted by Gasteiger charge is 2.40. The van der Waals surface area contributed by atoms with Gasteiger partial charge < -0.3 is 9.64 Å². The first-order valence-electron chi connectivity index (χ1n) is 9.26. The van der Waals surface area contributed by atoms with Crippen molar-refractivity contribution in [2.24, 2.45) is 0 Å². The third-order valence-electron chi connectivity index (χ3n) is 5.10. The van der Waals surface area contributed by atoms with Gasteiger partial charge in [0.15, 0.2) is 0 Å². The molecule has 3 aromatic rings. The van der Waals surface area contributed by atoms with Crippen LogP contribution in [0.15, 0.2) is 30.6 Å². The Balaban J connectivity index is 1.70. The molecular weight excluding hydrogens is 380 g/mol. The maximum atomic E-state index is 15.2. The molecule has 0 saturated carbocycles. The molecule has 152 valence electrons. The van der Waals surface area contributed by atoms with E-state index < -0.39 is 17.4 Å².